The molecule has 4 heteroatoms. The topological polar surface area (TPSA) is 44.5 Å². The van der Waals surface area contributed by atoms with Crippen molar-refractivity contribution in [3.05, 3.63) is 22.2 Å². The second kappa shape index (κ2) is 4.04. The number of rotatable bonds is 2. The maximum absolute atomic E-state index is 6.41. The molecule has 0 bridgehead atoms. The molecule has 1 unspecified atom stereocenters. The molecular weight excluding hydrogens is 250 g/mol. The van der Waals surface area contributed by atoms with Gasteiger partial charge in [-0.1, -0.05) is 11.6 Å². The van der Waals surface area contributed by atoms with Crippen molar-refractivity contribution in [2.75, 3.05) is 13.2 Å². The van der Waals surface area contributed by atoms with Crippen molar-refractivity contribution >= 4 is 11.6 Å². The largest absolute Gasteiger partial charge is 0.486 e. The highest BCUT2D eigenvalue weighted by Crippen LogP contribution is 2.55. The molecule has 18 heavy (non-hydrogen) atoms. The van der Waals surface area contributed by atoms with E-state index in [0.717, 1.165) is 24.2 Å². The van der Waals surface area contributed by atoms with E-state index in [1.165, 1.54) is 5.56 Å². The van der Waals surface area contributed by atoms with Gasteiger partial charge in [0, 0.05) is 11.5 Å². The summed E-state index contributed by atoms with van der Waals surface area (Å²) in [7, 11) is 0. The van der Waals surface area contributed by atoms with Crippen LogP contribution in [0.5, 0.6) is 11.5 Å². The average Bonchev–Trinajstić information content (AvgIpc) is 3.15. The Balaban J connectivity index is 2.14. The molecule has 1 saturated carbocycles. The Morgan fingerprint density at radius 3 is 2.61 bits per heavy atom. The van der Waals surface area contributed by atoms with Crippen molar-refractivity contribution in [2.24, 2.45) is 5.73 Å². The predicted molar refractivity (Wildman–Crippen MR) is 71.7 cm³/mol. The molecule has 0 radical (unpaired) electrons. The highest BCUT2D eigenvalue weighted by Gasteiger charge is 2.49. The van der Waals surface area contributed by atoms with Crippen LogP contribution in [0.25, 0.3) is 0 Å². The summed E-state index contributed by atoms with van der Waals surface area (Å²) in [5, 5.41) is 0.675. The molecule has 0 aromatic heterocycles. The van der Waals surface area contributed by atoms with E-state index >= 15 is 0 Å². The Kier molecular flexibility index (Phi) is 2.72. The zero-order valence-electron chi connectivity index (χ0n) is 10.8. The van der Waals surface area contributed by atoms with Crippen LogP contribution in [0.15, 0.2) is 6.07 Å². The van der Waals surface area contributed by atoms with Gasteiger partial charge in [0.25, 0.3) is 0 Å². The van der Waals surface area contributed by atoms with E-state index in [-0.39, 0.29) is 11.5 Å². The van der Waals surface area contributed by atoms with E-state index in [0.29, 0.717) is 24.0 Å². The van der Waals surface area contributed by atoms with E-state index < -0.39 is 0 Å². The van der Waals surface area contributed by atoms with Crippen molar-refractivity contribution < 1.29 is 9.47 Å². The molecule has 3 rings (SSSR count). The summed E-state index contributed by atoms with van der Waals surface area (Å²) in [4.78, 5) is 0. The summed E-state index contributed by atoms with van der Waals surface area (Å²) >= 11 is 6.41. The van der Waals surface area contributed by atoms with Crippen LogP contribution in [-0.2, 0) is 5.41 Å². The first-order valence-electron chi connectivity index (χ1n) is 6.41. The van der Waals surface area contributed by atoms with Gasteiger partial charge in [0.2, 0.25) is 0 Å². The number of ether oxygens (including phenoxy) is 2. The molecule has 2 N–H and O–H groups in total. The first-order chi connectivity index (χ1) is 8.56. The standard InChI is InChI=1S/C14H18ClNO2/c1-8-10(14(3-4-14)9(2)16)7-11-13(12(8)15)18-6-5-17-11/h7,9H,3-6,16H2,1-2H3. The van der Waals surface area contributed by atoms with Crippen LogP contribution in [0.3, 0.4) is 0 Å². The third kappa shape index (κ3) is 1.61. The molecule has 1 aromatic rings. The number of fused-ring (bicyclic) bond motifs is 1. The monoisotopic (exact) mass is 267 g/mol. The number of nitrogens with two attached hydrogens (primary N) is 1. The Morgan fingerprint density at radius 2 is 2.00 bits per heavy atom. The number of halogens is 1. The average molecular weight is 268 g/mol. The third-order valence-corrected chi connectivity index (χ3v) is 4.67. The van der Waals surface area contributed by atoms with Crippen LogP contribution >= 0.6 is 11.6 Å². The van der Waals surface area contributed by atoms with Crippen LogP contribution in [0, 0.1) is 6.92 Å². The highest BCUT2D eigenvalue weighted by molar-refractivity contribution is 6.33. The highest BCUT2D eigenvalue weighted by atomic mass is 35.5. The molecule has 3 nitrogen and oxygen atoms in total. The summed E-state index contributed by atoms with van der Waals surface area (Å²) in [6.07, 6.45) is 2.25. The molecule has 0 spiro atoms. The molecule has 0 amide bonds. The van der Waals surface area contributed by atoms with Gasteiger partial charge < -0.3 is 15.2 Å². The molecule has 1 aromatic carbocycles. The van der Waals surface area contributed by atoms with E-state index in [2.05, 4.69) is 13.0 Å². The number of benzene rings is 1. The van der Waals surface area contributed by atoms with Gasteiger partial charge in [0.05, 0.1) is 5.02 Å². The minimum absolute atomic E-state index is 0.0869. The van der Waals surface area contributed by atoms with Crippen LogP contribution in [0.2, 0.25) is 5.02 Å². The molecule has 1 aliphatic heterocycles. The normalized spacial score (nSPS) is 21.6. The lowest BCUT2D eigenvalue weighted by molar-refractivity contribution is 0.171. The van der Waals surface area contributed by atoms with Gasteiger partial charge in [-0.2, -0.15) is 0 Å². The van der Waals surface area contributed by atoms with Gasteiger partial charge in [0.15, 0.2) is 11.5 Å². The molecule has 1 fully saturated rings. The van der Waals surface area contributed by atoms with Crippen molar-refractivity contribution in [1.82, 2.24) is 0 Å². The van der Waals surface area contributed by atoms with Gasteiger partial charge >= 0.3 is 0 Å². The van der Waals surface area contributed by atoms with Gasteiger partial charge in [-0.25, -0.2) is 0 Å². The molecule has 1 heterocycles. The van der Waals surface area contributed by atoms with Crippen molar-refractivity contribution in [3.63, 3.8) is 0 Å². The minimum Gasteiger partial charge on any atom is -0.486 e. The van der Waals surface area contributed by atoms with Crippen molar-refractivity contribution in [3.8, 4) is 11.5 Å². The summed E-state index contributed by atoms with van der Waals surface area (Å²) in [5.41, 5.74) is 8.54. The molecule has 1 atom stereocenters. The maximum atomic E-state index is 6.41. The Hall–Kier alpha value is -0.930. The smallest absolute Gasteiger partial charge is 0.180 e. The Morgan fingerprint density at radius 1 is 1.33 bits per heavy atom. The summed E-state index contributed by atoms with van der Waals surface area (Å²) in [5.74, 6) is 1.45. The summed E-state index contributed by atoms with van der Waals surface area (Å²) in [6.45, 7) is 5.25. The quantitative estimate of drug-likeness (QED) is 0.896. The van der Waals surface area contributed by atoms with E-state index in [1.807, 2.05) is 6.92 Å². The summed E-state index contributed by atoms with van der Waals surface area (Å²) in [6, 6.07) is 2.21. The van der Waals surface area contributed by atoms with Gasteiger partial charge in [-0.3, -0.25) is 0 Å². The lowest BCUT2D eigenvalue weighted by Gasteiger charge is -2.27. The first-order valence-corrected chi connectivity index (χ1v) is 6.79. The second-order valence-corrected chi connectivity index (χ2v) is 5.71. The third-order valence-electron chi connectivity index (χ3n) is 4.22. The lowest BCUT2D eigenvalue weighted by atomic mass is 9.86. The first kappa shape index (κ1) is 12.1. The van der Waals surface area contributed by atoms with Gasteiger partial charge in [0.1, 0.15) is 13.2 Å². The molecule has 1 aliphatic carbocycles. The molecule has 0 saturated heterocycles. The van der Waals surface area contributed by atoms with Crippen LogP contribution in [-0.4, -0.2) is 19.3 Å². The molecular formula is C14H18ClNO2. The molecule has 2 aliphatic rings. The fraction of sp³-hybridized carbons (Fsp3) is 0.571. The zero-order chi connectivity index (χ0) is 12.9. The molecule has 98 valence electrons. The van der Waals surface area contributed by atoms with Crippen molar-refractivity contribution in [2.45, 2.75) is 38.1 Å². The fourth-order valence-corrected chi connectivity index (χ4v) is 3.11. The van der Waals surface area contributed by atoms with Gasteiger partial charge in [-0.05, 0) is 43.9 Å². The van der Waals surface area contributed by atoms with E-state index in [9.17, 15) is 0 Å². The number of hydrogen-bond donors (Lipinski definition) is 1. The Bertz CT molecular complexity index is 495. The predicted octanol–water partition coefficient (Wildman–Crippen LogP) is 2.80. The lowest BCUT2D eigenvalue weighted by Crippen LogP contribution is -2.32. The fourth-order valence-electron chi connectivity index (χ4n) is 2.86. The van der Waals surface area contributed by atoms with Crippen LogP contribution in [0.4, 0.5) is 0 Å². The zero-order valence-corrected chi connectivity index (χ0v) is 11.5. The maximum Gasteiger partial charge on any atom is 0.180 e. The van der Waals surface area contributed by atoms with Crippen molar-refractivity contribution in [1.29, 1.82) is 0 Å². The second-order valence-electron chi connectivity index (χ2n) is 5.33. The van der Waals surface area contributed by atoms with Gasteiger partial charge in [-0.15, -0.1) is 0 Å². The van der Waals surface area contributed by atoms with Crippen LogP contribution < -0.4 is 15.2 Å². The SMILES string of the molecule is Cc1c(C2(C(C)N)CC2)cc2c(c1Cl)OCCO2. The van der Waals surface area contributed by atoms with Crippen LogP contribution in [0.1, 0.15) is 30.9 Å². The number of hydrogen-bond acceptors (Lipinski definition) is 3. The Labute approximate surface area is 112 Å². The summed E-state index contributed by atoms with van der Waals surface area (Å²) < 4.78 is 11.2. The van der Waals surface area contributed by atoms with E-state index in [4.69, 9.17) is 26.8 Å². The van der Waals surface area contributed by atoms with E-state index in [1.54, 1.807) is 0 Å². The minimum atomic E-state index is 0.0869.